The van der Waals surface area contributed by atoms with Gasteiger partial charge in [-0.3, -0.25) is 0 Å². The molecule has 0 aliphatic heterocycles. The summed E-state index contributed by atoms with van der Waals surface area (Å²) in [6, 6.07) is 0. The quantitative estimate of drug-likeness (QED) is 0.400. The average molecular weight is 371 g/mol. The molecular weight excluding hydrogens is 371 g/mol. The van der Waals surface area contributed by atoms with Gasteiger partial charge in [0.15, 0.2) is 0 Å². The fraction of sp³-hybridized carbons (Fsp3) is 1.00. The summed E-state index contributed by atoms with van der Waals surface area (Å²) in [4.78, 5) is 0. The first-order chi connectivity index (χ1) is 7.21. The molecule has 0 aromatic carbocycles. The first kappa shape index (κ1) is 16.9. The van der Waals surface area contributed by atoms with Crippen LogP contribution in [0.1, 0.15) is 0 Å². The molecular formula is C2F6GeO6S2. The van der Waals surface area contributed by atoms with Gasteiger partial charge in [0.05, 0.1) is 0 Å². The van der Waals surface area contributed by atoms with Crippen LogP contribution in [0.3, 0.4) is 0 Å². The maximum atomic E-state index is 11.6. The van der Waals surface area contributed by atoms with Crippen molar-refractivity contribution < 1.29 is 49.6 Å². The van der Waals surface area contributed by atoms with Crippen molar-refractivity contribution in [3.63, 3.8) is 0 Å². The zero-order chi connectivity index (χ0) is 14.1. The van der Waals surface area contributed by atoms with Gasteiger partial charge in [-0.05, 0) is 0 Å². The van der Waals surface area contributed by atoms with E-state index in [2.05, 4.69) is 6.42 Å². The summed E-state index contributed by atoms with van der Waals surface area (Å²) in [6.45, 7) is 0. The fourth-order valence-electron chi connectivity index (χ4n) is 0.198. The molecule has 0 heterocycles. The topological polar surface area (TPSA) is 86.7 Å². The molecule has 0 aromatic rings. The standard InChI is InChI=1S/C2F6GeO6S2/c3-1(4,5)16(10,11)14-9-15-17(12,13)2(6,7)8. The van der Waals surface area contributed by atoms with E-state index in [0.717, 1.165) is 0 Å². The van der Waals surface area contributed by atoms with Crippen LogP contribution in [-0.2, 0) is 26.7 Å². The second kappa shape index (κ2) is 4.90. The maximum absolute atomic E-state index is 11.6. The molecule has 0 atom stereocenters. The van der Waals surface area contributed by atoms with Crippen molar-refractivity contribution in [2.45, 2.75) is 11.0 Å². The van der Waals surface area contributed by atoms with Gasteiger partial charge in [0.25, 0.3) is 0 Å². The Kier molecular flexibility index (Phi) is 4.89. The number of halogens is 6. The second-order valence-corrected chi connectivity index (χ2v) is 7.57. The number of alkyl halides is 6. The SMILES string of the molecule is O=S(=O)([O][Ge][O]S(=O)(=O)C(F)(F)F)C(F)(F)F. The Morgan fingerprint density at radius 3 is 1.12 bits per heavy atom. The molecule has 102 valence electrons. The monoisotopic (exact) mass is 372 g/mol. The molecule has 0 rings (SSSR count). The molecule has 0 spiro atoms. The van der Waals surface area contributed by atoms with Crippen molar-refractivity contribution in [3.05, 3.63) is 0 Å². The van der Waals surface area contributed by atoms with Gasteiger partial charge in [-0.15, -0.1) is 0 Å². The molecule has 0 amide bonds. The first-order valence-electron chi connectivity index (χ1n) is 2.95. The van der Waals surface area contributed by atoms with E-state index in [1.54, 1.807) is 0 Å². The third-order valence-electron chi connectivity index (χ3n) is 0.854. The molecule has 0 aliphatic carbocycles. The van der Waals surface area contributed by atoms with Gasteiger partial charge in [0.2, 0.25) is 0 Å². The van der Waals surface area contributed by atoms with E-state index in [0.29, 0.717) is 0 Å². The minimum absolute atomic E-state index is 3.00. The molecule has 0 aromatic heterocycles. The van der Waals surface area contributed by atoms with E-state index in [4.69, 9.17) is 0 Å². The summed E-state index contributed by atoms with van der Waals surface area (Å²) >= 11 is -3.44. The van der Waals surface area contributed by atoms with Gasteiger partial charge in [0.1, 0.15) is 0 Å². The van der Waals surface area contributed by atoms with Gasteiger partial charge in [-0.25, -0.2) is 0 Å². The molecule has 0 aliphatic rings. The summed E-state index contributed by atoms with van der Waals surface area (Å²) in [5.41, 5.74) is -11.7. The van der Waals surface area contributed by atoms with E-state index in [1.165, 1.54) is 0 Å². The van der Waals surface area contributed by atoms with Crippen molar-refractivity contribution in [2.24, 2.45) is 0 Å². The Balaban J connectivity index is 4.58. The summed E-state index contributed by atoms with van der Waals surface area (Å²) in [5.74, 6) is 0. The molecule has 0 saturated heterocycles. The zero-order valence-corrected chi connectivity index (χ0v) is 10.8. The predicted molar refractivity (Wildman–Crippen MR) is 37.9 cm³/mol. The molecule has 0 fully saturated rings. The molecule has 0 N–H and O–H groups in total. The minimum atomic E-state index is -6.17. The van der Waals surface area contributed by atoms with Crippen LogP contribution in [0.2, 0.25) is 0 Å². The third kappa shape index (κ3) is 4.61. The summed E-state index contributed by atoms with van der Waals surface area (Å²) < 4.78 is 116. The van der Waals surface area contributed by atoms with E-state index in [1.807, 2.05) is 0 Å². The van der Waals surface area contributed by atoms with Crippen molar-refractivity contribution in [1.29, 1.82) is 0 Å². The number of hydrogen-bond acceptors (Lipinski definition) is 6. The molecule has 0 saturated carbocycles. The van der Waals surface area contributed by atoms with Crippen LogP contribution in [0.15, 0.2) is 0 Å². The van der Waals surface area contributed by atoms with Gasteiger partial charge >= 0.3 is 97.0 Å². The van der Waals surface area contributed by atoms with Crippen LogP contribution >= 0.6 is 0 Å². The Labute approximate surface area is 97.3 Å². The van der Waals surface area contributed by atoms with Crippen molar-refractivity contribution in [3.8, 4) is 0 Å². The van der Waals surface area contributed by atoms with Crippen molar-refractivity contribution in [1.82, 2.24) is 0 Å². The molecule has 0 bridgehead atoms. The van der Waals surface area contributed by atoms with Gasteiger partial charge in [-0.1, -0.05) is 0 Å². The van der Waals surface area contributed by atoms with E-state index < -0.39 is 47.4 Å². The van der Waals surface area contributed by atoms with Crippen LogP contribution in [0, 0.1) is 0 Å². The van der Waals surface area contributed by atoms with Crippen molar-refractivity contribution >= 4 is 36.3 Å². The van der Waals surface area contributed by atoms with E-state index in [-0.39, 0.29) is 0 Å². The Bertz CT molecular complexity index is 414. The molecule has 6 nitrogen and oxygen atoms in total. The Morgan fingerprint density at radius 2 is 0.941 bits per heavy atom. The normalized spacial score (nSPS) is 14.9. The van der Waals surface area contributed by atoms with Gasteiger partial charge < -0.3 is 0 Å². The number of rotatable bonds is 4. The molecule has 0 unspecified atom stereocenters. The third-order valence-corrected chi connectivity index (χ3v) is 6.18. The molecule has 15 heteroatoms. The number of hydrogen-bond donors (Lipinski definition) is 0. The Hall–Kier alpha value is -0.0571. The van der Waals surface area contributed by atoms with Crippen LogP contribution in [0.4, 0.5) is 26.3 Å². The van der Waals surface area contributed by atoms with Gasteiger partial charge in [0, 0.05) is 0 Å². The average Bonchev–Trinajstić information content (AvgIpc) is 1.98. The van der Waals surface area contributed by atoms with Crippen LogP contribution in [-0.4, -0.2) is 44.0 Å². The molecule has 2 radical (unpaired) electrons. The summed E-state index contributed by atoms with van der Waals surface area (Å²) in [7, 11) is -12.3. The zero-order valence-electron chi connectivity index (χ0n) is 7.03. The van der Waals surface area contributed by atoms with Crippen LogP contribution in [0.25, 0.3) is 0 Å². The van der Waals surface area contributed by atoms with Crippen molar-refractivity contribution in [2.75, 3.05) is 0 Å². The van der Waals surface area contributed by atoms with E-state index in [9.17, 15) is 43.2 Å². The van der Waals surface area contributed by atoms with Crippen LogP contribution < -0.4 is 0 Å². The van der Waals surface area contributed by atoms with Gasteiger partial charge in [-0.2, -0.15) is 0 Å². The first-order valence-corrected chi connectivity index (χ1v) is 7.48. The second-order valence-electron chi connectivity index (χ2n) is 2.05. The molecule has 17 heavy (non-hydrogen) atoms. The predicted octanol–water partition coefficient (Wildman–Crippen LogP) is 0.253. The fourth-order valence-corrected chi connectivity index (χ4v) is 3.52. The summed E-state index contributed by atoms with van der Waals surface area (Å²) in [5, 5.41) is 0. The Morgan fingerprint density at radius 1 is 0.706 bits per heavy atom. The van der Waals surface area contributed by atoms with E-state index >= 15 is 0 Å². The van der Waals surface area contributed by atoms with Crippen LogP contribution in [0.5, 0.6) is 0 Å². The summed E-state index contributed by atoms with van der Waals surface area (Å²) in [6.07, 6.45) is 0.